The van der Waals surface area contributed by atoms with E-state index in [1.807, 2.05) is 20.8 Å². The number of nitrogens with one attached hydrogen (secondary N) is 2. The van der Waals surface area contributed by atoms with Crippen LogP contribution >= 0.6 is 11.3 Å². The van der Waals surface area contributed by atoms with Crippen LogP contribution in [0.4, 0.5) is 19.0 Å². The topological polar surface area (TPSA) is 96.5 Å². The van der Waals surface area contributed by atoms with Gasteiger partial charge < -0.3 is 15.4 Å². The average Bonchev–Trinajstić information content (AvgIpc) is 3.38. The van der Waals surface area contributed by atoms with E-state index in [2.05, 4.69) is 37.3 Å². The lowest BCUT2D eigenvalue weighted by molar-refractivity contribution is -0.137. The van der Waals surface area contributed by atoms with E-state index < -0.39 is 17.6 Å². The number of aromatic nitrogens is 2. The van der Waals surface area contributed by atoms with Gasteiger partial charge in [0.1, 0.15) is 5.82 Å². The summed E-state index contributed by atoms with van der Waals surface area (Å²) in [6, 6.07) is 6.55. The van der Waals surface area contributed by atoms with Crippen LogP contribution in [0.5, 0.6) is 0 Å². The van der Waals surface area contributed by atoms with Gasteiger partial charge in [0.05, 0.1) is 34.9 Å². The molecule has 4 rings (SSSR count). The van der Waals surface area contributed by atoms with Crippen LogP contribution in [0.1, 0.15) is 56.7 Å². The summed E-state index contributed by atoms with van der Waals surface area (Å²) in [6.45, 7) is 11.1. The maximum Gasteiger partial charge on any atom is 0.416 e. The third kappa shape index (κ3) is 10.9. The van der Waals surface area contributed by atoms with Crippen molar-refractivity contribution < 1.29 is 27.5 Å². The molecule has 1 aliphatic heterocycles. The van der Waals surface area contributed by atoms with Gasteiger partial charge in [0, 0.05) is 49.9 Å². The van der Waals surface area contributed by atoms with E-state index in [0.29, 0.717) is 12.0 Å². The van der Waals surface area contributed by atoms with Gasteiger partial charge >= 0.3 is 6.18 Å². The summed E-state index contributed by atoms with van der Waals surface area (Å²) in [5.41, 5.74) is 0.917. The summed E-state index contributed by atoms with van der Waals surface area (Å²) >= 11 is 1.46. The molecule has 3 heterocycles. The van der Waals surface area contributed by atoms with Crippen molar-refractivity contribution in [1.29, 1.82) is 0 Å². The highest BCUT2D eigenvalue weighted by atomic mass is 32.1. The lowest BCUT2D eigenvalue weighted by atomic mass is 10.0. The van der Waals surface area contributed by atoms with Crippen molar-refractivity contribution in [2.75, 3.05) is 44.7 Å². The minimum atomic E-state index is -4.51. The number of hydrogen-bond donors (Lipinski definition) is 2. The molecular weight excluding hydrogens is 567 g/mol. The highest BCUT2D eigenvalue weighted by Gasteiger charge is 2.30. The number of carbonyl (C=O) groups excluding carboxylic acids is 2. The Kier molecular flexibility index (Phi) is 12.5. The van der Waals surface area contributed by atoms with Crippen LogP contribution in [0.15, 0.2) is 42.7 Å². The molecule has 0 aliphatic carbocycles. The van der Waals surface area contributed by atoms with Crippen LogP contribution in [0.2, 0.25) is 0 Å². The molecule has 1 fully saturated rings. The second-order valence-corrected chi connectivity index (χ2v) is 10.7. The molecule has 224 valence electrons. The third-order valence-corrected chi connectivity index (χ3v) is 6.93. The van der Waals surface area contributed by atoms with Crippen LogP contribution in [0.25, 0.3) is 0 Å². The van der Waals surface area contributed by atoms with Gasteiger partial charge in [-0.2, -0.15) is 13.2 Å². The summed E-state index contributed by atoms with van der Waals surface area (Å²) in [4.78, 5) is 34.6. The molecule has 12 heteroatoms. The SMILES string of the molecule is CCCC(=O)NCCN1CCOCC1.Cc1ncc(C#Cc2cc(C(=O)Nc3cc(C(F)(F)F)ccn3)ccc2C)s1. The predicted molar refractivity (Wildman–Crippen MR) is 156 cm³/mol. The van der Waals surface area contributed by atoms with Gasteiger partial charge in [-0.05, 0) is 56.0 Å². The number of morpholine rings is 1. The van der Waals surface area contributed by atoms with E-state index in [4.69, 9.17) is 4.74 Å². The molecular formula is C30H34F3N5O3S. The molecule has 0 unspecified atom stereocenters. The second-order valence-electron chi connectivity index (χ2n) is 9.46. The number of hydrogen-bond acceptors (Lipinski definition) is 7. The molecule has 0 radical (unpaired) electrons. The van der Waals surface area contributed by atoms with Gasteiger partial charge in [-0.15, -0.1) is 11.3 Å². The quantitative estimate of drug-likeness (QED) is 0.368. The number of aryl methyl sites for hydroxylation is 2. The summed E-state index contributed by atoms with van der Waals surface area (Å²) in [5.74, 6) is 5.43. The fourth-order valence-electron chi connectivity index (χ4n) is 3.80. The Morgan fingerprint density at radius 1 is 1.10 bits per heavy atom. The van der Waals surface area contributed by atoms with Crippen molar-refractivity contribution in [3.63, 3.8) is 0 Å². The Morgan fingerprint density at radius 3 is 2.52 bits per heavy atom. The first-order valence-electron chi connectivity index (χ1n) is 13.5. The normalized spacial score (nSPS) is 13.3. The number of halogens is 3. The highest BCUT2D eigenvalue weighted by Crippen LogP contribution is 2.30. The van der Waals surface area contributed by atoms with Crippen LogP contribution in [-0.2, 0) is 15.7 Å². The standard InChI is InChI=1S/C20H14F3N3OS.C10H20N2O2/c1-12-3-4-15(9-14(12)5-6-17-11-25-13(2)28-17)19(27)26-18-10-16(7-8-24-18)20(21,22)23;1-2-3-10(13)11-4-5-12-6-8-14-9-7-12/h3-4,7-11H,1-2H3,(H,24,26,27);2-9H2,1H3,(H,11,13). The first-order valence-corrected chi connectivity index (χ1v) is 14.3. The van der Waals surface area contributed by atoms with Crippen molar-refractivity contribution in [2.24, 2.45) is 0 Å². The van der Waals surface area contributed by atoms with E-state index >= 15 is 0 Å². The first kappa shape index (κ1) is 32.7. The third-order valence-electron chi connectivity index (χ3n) is 6.10. The van der Waals surface area contributed by atoms with E-state index in [9.17, 15) is 22.8 Å². The van der Waals surface area contributed by atoms with Gasteiger partial charge in [0.25, 0.3) is 5.91 Å². The molecule has 1 aromatic carbocycles. The zero-order valence-electron chi connectivity index (χ0n) is 23.8. The van der Waals surface area contributed by atoms with Gasteiger partial charge in [-0.3, -0.25) is 14.5 Å². The van der Waals surface area contributed by atoms with Gasteiger partial charge in [-0.1, -0.05) is 18.9 Å². The number of nitrogens with zero attached hydrogens (tertiary/aromatic N) is 3. The summed E-state index contributed by atoms with van der Waals surface area (Å²) in [5, 5.41) is 6.20. The summed E-state index contributed by atoms with van der Waals surface area (Å²) in [7, 11) is 0. The Morgan fingerprint density at radius 2 is 1.86 bits per heavy atom. The molecule has 0 saturated carbocycles. The molecule has 42 heavy (non-hydrogen) atoms. The van der Waals surface area contributed by atoms with E-state index in [1.165, 1.54) is 11.3 Å². The largest absolute Gasteiger partial charge is 0.416 e. The van der Waals surface area contributed by atoms with Crippen LogP contribution in [0.3, 0.4) is 0 Å². The molecule has 1 saturated heterocycles. The molecule has 0 spiro atoms. The van der Waals surface area contributed by atoms with Crippen molar-refractivity contribution in [3.8, 4) is 11.8 Å². The fraction of sp³-hybridized carbons (Fsp3) is 0.400. The molecule has 0 bridgehead atoms. The number of thiazole rings is 1. The monoisotopic (exact) mass is 601 g/mol. The Balaban J connectivity index is 0.000000291. The summed E-state index contributed by atoms with van der Waals surface area (Å²) in [6.07, 6.45) is -0.268. The van der Waals surface area contributed by atoms with E-state index in [0.717, 1.165) is 79.6 Å². The number of amides is 2. The van der Waals surface area contributed by atoms with Crippen molar-refractivity contribution >= 4 is 29.0 Å². The number of anilines is 1. The molecule has 2 aromatic heterocycles. The molecule has 0 atom stereocenters. The minimum absolute atomic E-state index is 0.167. The van der Waals surface area contributed by atoms with Gasteiger partial charge in [-0.25, -0.2) is 9.97 Å². The van der Waals surface area contributed by atoms with E-state index in [1.54, 1.807) is 24.4 Å². The zero-order chi connectivity index (χ0) is 30.5. The van der Waals surface area contributed by atoms with Crippen molar-refractivity contribution in [1.82, 2.24) is 20.2 Å². The Bertz CT molecular complexity index is 1410. The van der Waals surface area contributed by atoms with Crippen molar-refractivity contribution in [3.05, 3.63) is 74.9 Å². The van der Waals surface area contributed by atoms with Crippen LogP contribution in [0, 0.1) is 25.7 Å². The first-order chi connectivity index (χ1) is 20.0. The average molecular weight is 602 g/mol. The van der Waals surface area contributed by atoms with Crippen LogP contribution < -0.4 is 10.6 Å². The highest BCUT2D eigenvalue weighted by molar-refractivity contribution is 7.12. The number of benzene rings is 1. The lowest BCUT2D eigenvalue weighted by Gasteiger charge is -2.26. The summed E-state index contributed by atoms with van der Waals surface area (Å²) < 4.78 is 43.6. The van der Waals surface area contributed by atoms with Gasteiger partial charge in [0.2, 0.25) is 5.91 Å². The molecule has 8 nitrogen and oxygen atoms in total. The maximum atomic E-state index is 12.8. The number of carbonyl (C=O) groups is 2. The van der Waals surface area contributed by atoms with Gasteiger partial charge in [0.15, 0.2) is 0 Å². The molecule has 2 amide bonds. The Hall–Kier alpha value is -3.79. The Labute approximate surface area is 247 Å². The molecule has 3 aromatic rings. The zero-order valence-corrected chi connectivity index (χ0v) is 24.6. The van der Waals surface area contributed by atoms with E-state index in [-0.39, 0.29) is 17.3 Å². The number of alkyl halides is 3. The second kappa shape index (κ2) is 16.0. The minimum Gasteiger partial charge on any atom is -0.379 e. The number of pyridine rings is 1. The predicted octanol–water partition coefficient (Wildman–Crippen LogP) is 5.06. The number of ether oxygens (including phenoxy) is 1. The van der Waals surface area contributed by atoms with Crippen molar-refractivity contribution in [2.45, 2.75) is 39.8 Å². The smallest absolute Gasteiger partial charge is 0.379 e. The van der Waals surface area contributed by atoms with Crippen LogP contribution in [-0.4, -0.2) is 66.1 Å². The lowest BCUT2D eigenvalue weighted by Crippen LogP contribution is -2.41. The maximum absolute atomic E-state index is 12.8. The molecule has 1 aliphatic rings. The number of rotatable bonds is 7. The fourth-order valence-corrected chi connectivity index (χ4v) is 4.43. The molecule has 2 N–H and O–H groups in total.